The molecule has 0 aromatic carbocycles. The Balaban J connectivity index is 3.08. The summed E-state index contributed by atoms with van der Waals surface area (Å²) in [6, 6.07) is 0. The molecule has 0 fully saturated rings. The molecule has 0 atom stereocenters. The molecule has 0 saturated carbocycles. The van der Waals surface area contributed by atoms with Gasteiger partial charge in [0.25, 0.3) is 0 Å². The van der Waals surface area contributed by atoms with E-state index in [9.17, 15) is 9.59 Å². The lowest BCUT2D eigenvalue weighted by molar-refractivity contribution is -0.137. The van der Waals surface area contributed by atoms with Gasteiger partial charge in [0.1, 0.15) is 0 Å². The minimum Gasteiger partial charge on any atom is -0.481 e. The molecule has 0 heterocycles. The standard InChI is InChI=1S/C8H14O5/c1-12-8(11)13-6-4-2-3-5-7(9)10/h2-6H2,1H3,(H,9,10). The van der Waals surface area contributed by atoms with Crippen molar-refractivity contribution in [1.29, 1.82) is 0 Å². The third kappa shape index (κ3) is 8.65. The molecule has 0 aliphatic heterocycles. The molecule has 0 amide bonds. The number of carboxylic acids is 1. The molecule has 0 bridgehead atoms. The number of ether oxygens (including phenoxy) is 2. The minimum atomic E-state index is -0.797. The van der Waals surface area contributed by atoms with Crippen LogP contribution in [0.5, 0.6) is 0 Å². The van der Waals surface area contributed by atoms with Crippen LogP contribution in [0.3, 0.4) is 0 Å². The van der Waals surface area contributed by atoms with Crippen molar-refractivity contribution in [2.45, 2.75) is 25.7 Å². The normalized spacial score (nSPS) is 9.31. The monoisotopic (exact) mass is 190 g/mol. The minimum absolute atomic E-state index is 0.165. The van der Waals surface area contributed by atoms with E-state index < -0.39 is 12.1 Å². The van der Waals surface area contributed by atoms with E-state index in [0.717, 1.165) is 6.42 Å². The largest absolute Gasteiger partial charge is 0.507 e. The van der Waals surface area contributed by atoms with Crippen LogP contribution in [0.15, 0.2) is 0 Å². The van der Waals surface area contributed by atoms with Crippen LogP contribution in [0.25, 0.3) is 0 Å². The highest BCUT2D eigenvalue weighted by molar-refractivity contribution is 5.66. The highest BCUT2D eigenvalue weighted by Crippen LogP contribution is 2.00. The van der Waals surface area contributed by atoms with Gasteiger partial charge in [0.05, 0.1) is 13.7 Å². The number of methoxy groups -OCH3 is 1. The number of carbonyl (C=O) groups is 2. The first-order chi connectivity index (χ1) is 6.16. The topological polar surface area (TPSA) is 72.8 Å². The van der Waals surface area contributed by atoms with E-state index in [2.05, 4.69) is 9.47 Å². The van der Waals surface area contributed by atoms with Gasteiger partial charge in [0.15, 0.2) is 0 Å². The Labute approximate surface area is 76.6 Å². The molecule has 0 aromatic heterocycles. The smallest absolute Gasteiger partial charge is 0.481 e. The van der Waals surface area contributed by atoms with Gasteiger partial charge in [-0.05, 0) is 19.3 Å². The average Bonchev–Trinajstić information content (AvgIpc) is 2.10. The van der Waals surface area contributed by atoms with Crippen molar-refractivity contribution in [3.8, 4) is 0 Å². The quantitative estimate of drug-likeness (QED) is 0.506. The van der Waals surface area contributed by atoms with Crippen molar-refractivity contribution in [2.75, 3.05) is 13.7 Å². The fourth-order valence-corrected chi connectivity index (χ4v) is 0.769. The molecule has 0 aliphatic rings. The van der Waals surface area contributed by atoms with Gasteiger partial charge < -0.3 is 14.6 Å². The maximum Gasteiger partial charge on any atom is 0.507 e. The molecule has 1 N–H and O–H groups in total. The Morgan fingerprint density at radius 1 is 1.23 bits per heavy atom. The molecular formula is C8H14O5. The summed E-state index contributed by atoms with van der Waals surface area (Å²) in [6.45, 7) is 0.284. The fourth-order valence-electron chi connectivity index (χ4n) is 0.769. The lowest BCUT2D eigenvalue weighted by Gasteiger charge is -2.01. The summed E-state index contributed by atoms with van der Waals surface area (Å²) in [4.78, 5) is 20.5. The van der Waals surface area contributed by atoms with Gasteiger partial charge in [0.2, 0.25) is 0 Å². The number of carboxylic acid groups (broad SMARTS) is 1. The number of hydrogen-bond acceptors (Lipinski definition) is 4. The molecule has 0 spiro atoms. The van der Waals surface area contributed by atoms with Crippen LogP contribution in [0.1, 0.15) is 25.7 Å². The van der Waals surface area contributed by atoms with Crippen LogP contribution in [0, 0.1) is 0 Å². The van der Waals surface area contributed by atoms with E-state index in [1.165, 1.54) is 7.11 Å². The SMILES string of the molecule is COC(=O)OCCCCCC(=O)O. The number of hydrogen-bond donors (Lipinski definition) is 1. The van der Waals surface area contributed by atoms with Crippen LogP contribution in [0.2, 0.25) is 0 Å². The van der Waals surface area contributed by atoms with E-state index in [4.69, 9.17) is 5.11 Å². The van der Waals surface area contributed by atoms with E-state index in [1.807, 2.05) is 0 Å². The second-order valence-corrected chi connectivity index (χ2v) is 2.51. The van der Waals surface area contributed by atoms with Gasteiger partial charge in [-0.1, -0.05) is 0 Å². The summed E-state index contributed by atoms with van der Waals surface area (Å²) in [7, 11) is 1.24. The first-order valence-electron chi connectivity index (χ1n) is 4.09. The highest BCUT2D eigenvalue weighted by Gasteiger charge is 2.00. The van der Waals surface area contributed by atoms with Crippen molar-refractivity contribution >= 4 is 12.1 Å². The molecule has 5 heteroatoms. The van der Waals surface area contributed by atoms with Crippen LogP contribution in [-0.4, -0.2) is 30.9 Å². The summed E-state index contributed by atoms with van der Waals surface area (Å²) in [6.07, 6.45) is 1.49. The zero-order chi connectivity index (χ0) is 10.1. The molecule has 0 aromatic rings. The molecule has 13 heavy (non-hydrogen) atoms. The van der Waals surface area contributed by atoms with Gasteiger partial charge in [-0.3, -0.25) is 4.79 Å². The lowest BCUT2D eigenvalue weighted by Crippen LogP contribution is -2.05. The van der Waals surface area contributed by atoms with Crippen molar-refractivity contribution in [1.82, 2.24) is 0 Å². The fraction of sp³-hybridized carbons (Fsp3) is 0.750. The second kappa shape index (κ2) is 7.39. The van der Waals surface area contributed by atoms with Gasteiger partial charge >= 0.3 is 12.1 Å². The first-order valence-corrected chi connectivity index (χ1v) is 4.09. The zero-order valence-electron chi connectivity index (χ0n) is 7.62. The third-order valence-corrected chi connectivity index (χ3v) is 1.42. The number of carbonyl (C=O) groups excluding carboxylic acids is 1. The molecular weight excluding hydrogens is 176 g/mol. The maximum absolute atomic E-state index is 10.4. The van der Waals surface area contributed by atoms with Crippen LogP contribution in [-0.2, 0) is 14.3 Å². The summed E-state index contributed by atoms with van der Waals surface area (Å²) >= 11 is 0. The van der Waals surface area contributed by atoms with Crippen molar-refractivity contribution in [2.24, 2.45) is 0 Å². The van der Waals surface area contributed by atoms with Crippen LogP contribution >= 0.6 is 0 Å². The van der Waals surface area contributed by atoms with Gasteiger partial charge in [0, 0.05) is 6.42 Å². The second-order valence-electron chi connectivity index (χ2n) is 2.51. The molecule has 5 nitrogen and oxygen atoms in total. The highest BCUT2D eigenvalue weighted by atomic mass is 16.7. The Morgan fingerprint density at radius 3 is 2.46 bits per heavy atom. The Bertz CT molecular complexity index is 166. The molecule has 0 rings (SSSR count). The predicted octanol–water partition coefficient (Wildman–Crippen LogP) is 1.41. The molecule has 0 radical (unpaired) electrons. The summed E-state index contributed by atoms with van der Waals surface area (Å²) < 4.78 is 8.83. The molecule has 76 valence electrons. The van der Waals surface area contributed by atoms with E-state index in [-0.39, 0.29) is 13.0 Å². The van der Waals surface area contributed by atoms with E-state index in [1.54, 1.807) is 0 Å². The summed E-state index contributed by atoms with van der Waals surface area (Å²) in [5, 5.41) is 8.29. The Kier molecular flexibility index (Phi) is 6.68. The number of unbranched alkanes of at least 4 members (excludes halogenated alkanes) is 2. The Hall–Kier alpha value is -1.26. The van der Waals surface area contributed by atoms with Crippen LogP contribution in [0.4, 0.5) is 4.79 Å². The van der Waals surface area contributed by atoms with Gasteiger partial charge in [-0.25, -0.2) is 4.79 Å². The number of aliphatic carboxylic acids is 1. The summed E-state index contributed by atoms with van der Waals surface area (Å²) in [5.74, 6) is -0.797. The maximum atomic E-state index is 10.4. The first kappa shape index (κ1) is 11.7. The molecule has 0 unspecified atom stereocenters. The average molecular weight is 190 g/mol. The summed E-state index contributed by atoms with van der Waals surface area (Å²) in [5.41, 5.74) is 0. The predicted molar refractivity (Wildman–Crippen MR) is 44.5 cm³/mol. The zero-order valence-corrected chi connectivity index (χ0v) is 7.62. The molecule has 0 aliphatic carbocycles. The Morgan fingerprint density at radius 2 is 1.92 bits per heavy atom. The van der Waals surface area contributed by atoms with Crippen molar-refractivity contribution < 1.29 is 24.2 Å². The van der Waals surface area contributed by atoms with E-state index in [0.29, 0.717) is 12.8 Å². The van der Waals surface area contributed by atoms with Crippen molar-refractivity contribution in [3.63, 3.8) is 0 Å². The number of rotatable bonds is 6. The van der Waals surface area contributed by atoms with Gasteiger partial charge in [-0.2, -0.15) is 0 Å². The van der Waals surface area contributed by atoms with Crippen molar-refractivity contribution in [3.05, 3.63) is 0 Å². The van der Waals surface area contributed by atoms with E-state index >= 15 is 0 Å². The van der Waals surface area contributed by atoms with Gasteiger partial charge in [-0.15, -0.1) is 0 Å². The molecule has 0 saturated heterocycles. The lowest BCUT2D eigenvalue weighted by atomic mass is 10.2. The third-order valence-electron chi connectivity index (χ3n) is 1.42. The van der Waals surface area contributed by atoms with Crippen LogP contribution < -0.4 is 0 Å².